The molecular weight excluding hydrogens is 523 g/mol. The molecule has 0 spiro atoms. The van der Waals surface area contributed by atoms with E-state index in [2.05, 4.69) is 24.9 Å². The Hall–Kier alpha value is -4.61. The van der Waals surface area contributed by atoms with Gasteiger partial charge in [-0.2, -0.15) is 18.2 Å². The number of alkyl halides is 3. The molecule has 1 unspecified atom stereocenters. The van der Waals surface area contributed by atoms with Crippen LogP contribution in [0.5, 0.6) is 11.8 Å². The van der Waals surface area contributed by atoms with Crippen molar-refractivity contribution < 1.29 is 22.6 Å². The summed E-state index contributed by atoms with van der Waals surface area (Å²) in [4.78, 5) is 26.4. The molecule has 12 heteroatoms. The average molecular weight is 548 g/mol. The number of methoxy groups -OCH3 is 1. The lowest BCUT2D eigenvalue weighted by Gasteiger charge is -2.17. The Balaban J connectivity index is 1.34. The van der Waals surface area contributed by atoms with Crippen molar-refractivity contribution in [1.29, 1.82) is 0 Å². The van der Waals surface area contributed by atoms with Crippen molar-refractivity contribution in [1.82, 2.24) is 34.5 Å². The third-order valence-corrected chi connectivity index (χ3v) is 6.75. The van der Waals surface area contributed by atoms with Crippen LogP contribution < -0.4 is 9.47 Å². The number of pyridine rings is 1. The Labute approximate surface area is 227 Å². The molecule has 0 saturated heterocycles. The van der Waals surface area contributed by atoms with Gasteiger partial charge in [0.1, 0.15) is 23.8 Å². The summed E-state index contributed by atoms with van der Waals surface area (Å²) in [5.41, 5.74) is 2.32. The van der Waals surface area contributed by atoms with Gasteiger partial charge in [0.05, 0.1) is 18.2 Å². The largest absolute Gasteiger partial charge is 0.480 e. The molecule has 0 bridgehead atoms. The summed E-state index contributed by atoms with van der Waals surface area (Å²) in [5.74, 6) is 1.58. The standard InChI is InChI=1S/C28H24F3N7O2/c1-15(16-6-10-18(11-7-16)25-35-20(13-38(25)2)28(29,30)31)40-26-19-5-4-12-32-23(19)36-24(37-26)21-22(17-8-9-17)33-14-34-27(21)39-3/h4-7,10-15,17H,8-9H2,1-3H3. The summed E-state index contributed by atoms with van der Waals surface area (Å²) in [5, 5.41) is 0.631. The third kappa shape index (κ3) is 4.80. The van der Waals surface area contributed by atoms with Crippen LogP contribution in [0.15, 0.2) is 55.1 Å². The van der Waals surface area contributed by atoms with Crippen molar-refractivity contribution in [3.05, 3.63) is 72.1 Å². The number of aryl methyl sites for hydroxylation is 1. The van der Waals surface area contributed by atoms with E-state index in [1.165, 1.54) is 17.9 Å². The molecule has 0 amide bonds. The summed E-state index contributed by atoms with van der Waals surface area (Å²) in [6, 6.07) is 10.6. The topological polar surface area (TPSA) is 101 Å². The van der Waals surface area contributed by atoms with Crippen LogP contribution in [0.4, 0.5) is 13.2 Å². The highest BCUT2D eigenvalue weighted by molar-refractivity contribution is 5.83. The second-order valence-corrected chi connectivity index (χ2v) is 9.58. The first kappa shape index (κ1) is 25.7. The Bertz CT molecular complexity index is 1700. The van der Waals surface area contributed by atoms with E-state index in [1.54, 1.807) is 43.6 Å². The van der Waals surface area contributed by atoms with Gasteiger partial charge in [0, 0.05) is 30.9 Å². The fourth-order valence-electron chi connectivity index (χ4n) is 4.56. The van der Waals surface area contributed by atoms with Gasteiger partial charge in [0.25, 0.3) is 0 Å². The summed E-state index contributed by atoms with van der Waals surface area (Å²) in [6.07, 6.45) is 1.17. The van der Waals surface area contributed by atoms with Gasteiger partial charge in [-0.15, -0.1) is 0 Å². The molecule has 0 radical (unpaired) electrons. The molecule has 4 heterocycles. The van der Waals surface area contributed by atoms with Crippen molar-refractivity contribution in [3.8, 4) is 34.5 Å². The predicted molar refractivity (Wildman–Crippen MR) is 140 cm³/mol. The third-order valence-electron chi connectivity index (χ3n) is 6.75. The molecule has 40 heavy (non-hydrogen) atoms. The number of hydrogen-bond acceptors (Lipinski definition) is 8. The maximum absolute atomic E-state index is 13.1. The van der Waals surface area contributed by atoms with Crippen LogP contribution in [0, 0.1) is 0 Å². The minimum Gasteiger partial charge on any atom is -0.480 e. The van der Waals surface area contributed by atoms with Gasteiger partial charge >= 0.3 is 6.18 Å². The zero-order valence-electron chi connectivity index (χ0n) is 21.8. The summed E-state index contributed by atoms with van der Waals surface area (Å²) >= 11 is 0. The fourth-order valence-corrected chi connectivity index (χ4v) is 4.56. The number of rotatable bonds is 7. The zero-order chi connectivity index (χ0) is 28.0. The van der Waals surface area contributed by atoms with Gasteiger partial charge in [-0.05, 0) is 37.5 Å². The van der Waals surface area contributed by atoms with Crippen LogP contribution in [-0.4, -0.2) is 41.6 Å². The number of fused-ring (bicyclic) bond motifs is 1. The molecule has 4 aromatic heterocycles. The van der Waals surface area contributed by atoms with Crippen molar-refractivity contribution in [2.45, 2.75) is 38.0 Å². The number of hydrogen-bond donors (Lipinski definition) is 0. The number of aromatic nitrogens is 7. The van der Waals surface area contributed by atoms with Crippen LogP contribution in [0.3, 0.4) is 0 Å². The summed E-state index contributed by atoms with van der Waals surface area (Å²) < 4.78 is 52.6. The Morgan fingerprint density at radius 2 is 1.75 bits per heavy atom. The van der Waals surface area contributed by atoms with Gasteiger partial charge in [0.2, 0.25) is 11.8 Å². The number of halogens is 3. The highest BCUT2D eigenvalue weighted by atomic mass is 19.4. The molecule has 6 rings (SSSR count). The highest BCUT2D eigenvalue weighted by Crippen LogP contribution is 2.45. The number of ether oxygens (including phenoxy) is 2. The van der Waals surface area contributed by atoms with Gasteiger partial charge in [0.15, 0.2) is 17.2 Å². The Morgan fingerprint density at radius 1 is 0.975 bits per heavy atom. The molecule has 204 valence electrons. The SMILES string of the molecule is COc1ncnc(C2CC2)c1-c1nc(OC(C)c2ccc(-c3nc(C(F)(F)F)cn3C)cc2)c2cccnc2n1. The van der Waals surface area contributed by atoms with Crippen LogP contribution >= 0.6 is 0 Å². The van der Waals surface area contributed by atoms with Crippen molar-refractivity contribution in [2.24, 2.45) is 7.05 Å². The molecule has 9 nitrogen and oxygen atoms in total. The normalized spacial score (nSPS) is 14.3. The van der Waals surface area contributed by atoms with Gasteiger partial charge in [-0.1, -0.05) is 24.3 Å². The molecule has 0 aliphatic heterocycles. The number of imidazole rings is 1. The minimum atomic E-state index is -4.51. The quantitative estimate of drug-likeness (QED) is 0.247. The van der Waals surface area contributed by atoms with Crippen molar-refractivity contribution >= 4 is 11.0 Å². The van der Waals surface area contributed by atoms with Crippen molar-refractivity contribution in [3.63, 3.8) is 0 Å². The van der Waals surface area contributed by atoms with E-state index in [0.717, 1.165) is 30.3 Å². The van der Waals surface area contributed by atoms with Gasteiger partial charge in [-0.25, -0.2) is 24.9 Å². The van der Waals surface area contributed by atoms with Crippen LogP contribution in [-0.2, 0) is 13.2 Å². The van der Waals surface area contributed by atoms with Crippen molar-refractivity contribution in [2.75, 3.05) is 7.11 Å². The minimum absolute atomic E-state index is 0.218. The summed E-state index contributed by atoms with van der Waals surface area (Å²) in [7, 11) is 3.07. The monoisotopic (exact) mass is 547 g/mol. The highest BCUT2D eigenvalue weighted by Gasteiger charge is 2.35. The maximum atomic E-state index is 13.1. The van der Waals surface area contributed by atoms with E-state index in [9.17, 15) is 13.2 Å². The van der Waals surface area contributed by atoms with E-state index < -0.39 is 18.0 Å². The molecule has 1 aliphatic rings. The van der Waals surface area contributed by atoms with E-state index in [4.69, 9.17) is 14.5 Å². The second kappa shape index (κ2) is 9.85. The molecule has 1 fully saturated rings. The number of nitrogens with zero attached hydrogens (tertiary/aromatic N) is 7. The van der Waals surface area contributed by atoms with Crippen LogP contribution in [0.2, 0.25) is 0 Å². The Kier molecular flexibility index (Phi) is 6.32. The van der Waals surface area contributed by atoms with E-state index >= 15 is 0 Å². The Morgan fingerprint density at radius 3 is 2.42 bits per heavy atom. The summed E-state index contributed by atoms with van der Waals surface area (Å²) in [6.45, 7) is 1.86. The fraction of sp³-hybridized carbons (Fsp3) is 0.286. The smallest absolute Gasteiger partial charge is 0.434 e. The maximum Gasteiger partial charge on any atom is 0.434 e. The second-order valence-electron chi connectivity index (χ2n) is 9.58. The van der Waals surface area contributed by atoms with Gasteiger partial charge in [-0.3, -0.25) is 0 Å². The average Bonchev–Trinajstić information content (AvgIpc) is 3.72. The predicted octanol–water partition coefficient (Wildman–Crippen LogP) is 5.93. The van der Waals surface area contributed by atoms with Gasteiger partial charge < -0.3 is 14.0 Å². The lowest BCUT2D eigenvalue weighted by atomic mass is 10.1. The molecule has 1 atom stereocenters. The van der Waals surface area contributed by atoms with Crippen LogP contribution in [0.25, 0.3) is 33.8 Å². The molecule has 0 N–H and O–H groups in total. The molecule has 1 aromatic carbocycles. The van der Waals surface area contributed by atoms with E-state index in [0.29, 0.717) is 45.7 Å². The van der Waals surface area contributed by atoms with Crippen LogP contribution in [0.1, 0.15) is 48.7 Å². The molecule has 1 aliphatic carbocycles. The van der Waals surface area contributed by atoms with E-state index in [1.807, 2.05) is 13.0 Å². The first-order valence-electron chi connectivity index (χ1n) is 12.6. The first-order chi connectivity index (χ1) is 19.2. The number of benzene rings is 1. The van der Waals surface area contributed by atoms with E-state index in [-0.39, 0.29) is 5.82 Å². The zero-order valence-corrected chi connectivity index (χ0v) is 21.8. The molecule has 1 saturated carbocycles. The first-order valence-corrected chi connectivity index (χ1v) is 12.6. The molecule has 5 aromatic rings. The molecular formula is C28H24F3N7O2. The lowest BCUT2D eigenvalue weighted by Crippen LogP contribution is -2.08. The lowest BCUT2D eigenvalue weighted by molar-refractivity contribution is -0.140.